The van der Waals surface area contributed by atoms with Crippen molar-refractivity contribution >= 4 is 129 Å². The average molecular weight is 1710 g/mol. The molecular weight excluding hydrogens is 1580 g/mol. The van der Waals surface area contributed by atoms with Crippen molar-refractivity contribution in [1.82, 2.24) is 29.9 Å². The predicted molar refractivity (Wildman–Crippen MR) is 515 cm³/mol. The smallest absolute Gasteiger partial charge is 0.197 e. The zero-order chi connectivity index (χ0) is 84.4. The van der Waals surface area contributed by atoms with E-state index in [1.165, 1.54) is 177 Å². The molecule has 0 aliphatic carbocycles. The molecule has 0 saturated heterocycles. The van der Waals surface area contributed by atoms with Crippen LogP contribution in [0.2, 0.25) is 0 Å². The number of anilines is 1. The lowest BCUT2D eigenvalue weighted by molar-refractivity contribution is 0.415. The highest BCUT2D eigenvalue weighted by Gasteiger charge is 2.19. The van der Waals surface area contributed by atoms with Crippen molar-refractivity contribution < 1.29 is 8.95 Å². The standard InChI is InChI=1S/2C20H23NS.C19H22N2OS.C12H16N2OS.C11H15Br.C10H14.C9H9NS/c2*1-5-16-8-7-14(3)18(15(16)4)12-22-20-11-17-10-13(2)6-9-19(17)21-20;1-5-15-8-7-13(3)16(14(15)4)11-23(22)19-20-17-9-6-12(2)10-18(17)21-19;1-12(2,3)16-11-13-9-6-5-8(15-4)7-10(9)14-11;1-4-11-9(3)8(2)5-6-10(11)7-12;1-7-5-6-8(2)10(4)9(7)3;1-6-2-3-8-7(4-6)5-9(11)10-8/h2*6-11,21H,5,12H2,1-4H3;6-10H,5,11H2,1-4H3,(H,20,21);5-7H,1-4H3,(H,13,14);5-6H,4,7H2,1-3H3;5-6H,1-4H3;2-4H,5H2,1H3,(H,10,11). The molecule has 15 heteroatoms. The number of methoxy groups -OCH3 is 1. The van der Waals surface area contributed by atoms with Crippen LogP contribution in [0.4, 0.5) is 5.69 Å². The first kappa shape index (κ1) is 91.5. The topological polar surface area (TPSA) is 127 Å². The summed E-state index contributed by atoms with van der Waals surface area (Å²) in [5, 5.41) is 10.8. The molecule has 5 N–H and O–H groups in total. The van der Waals surface area contributed by atoms with Gasteiger partial charge in [-0.15, -0.1) is 23.5 Å². The van der Waals surface area contributed by atoms with Crippen LogP contribution in [0.15, 0.2) is 184 Å². The lowest BCUT2D eigenvalue weighted by atomic mass is 9.97. The Morgan fingerprint density at radius 1 is 0.440 bits per heavy atom. The minimum Gasteiger partial charge on any atom is -0.497 e. The number of halogens is 1. The number of aromatic amines is 4. The van der Waals surface area contributed by atoms with E-state index in [4.69, 9.17) is 17.0 Å². The van der Waals surface area contributed by atoms with Crippen LogP contribution in [-0.4, -0.2) is 51.0 Å². The van der Waals surface area contributed by atoms with Gasteiger partial charge >= 0.3 is 0 Å². The van der Waals surface area contributed by atoms with Crippen LogP contribution in [0.25, 0.3) is 43.9 Å². The van der Waals surface area contributed by atoms with E-state index in [1.807, 2.05) is 66.8 Å². The number of nitrogens with one attached hydrogen (secondary N) is 5. The van der Waals surface area contributed by atoms with Crippen molar-refractivity contribution in [3.63, 3.8) is 0 Å². The third-order valence-electron chi connectivity index (χ3n) is 22.1. The van der Waals surface area contributed by atoms with Crippen molar-refractivity contribution in [2.24, 2.45) is 0 Å². The zero-order valence-electron chi connectivity index (χ0n) is 73.1. The number of aromatic nitrogens is 6. The molecule has 1 aliphatic rings. The summed E-state index contributed by atoms with van der Waals surface area (Å²) in [4.78, 5) is 23.5. The van der Waals surface area contributed by atoms with Crippen molar-refractivity contribution in [2.75, 3.05) is 12.4 Å². The fourth-order valence-corrected chi connectivity index (χ4v) is 19.6. The van der Waals surface area contributed by atoms with E-state index in [2.05, 4.69) is 331 Å². The molecule has 0 saturated carbocycles. The molecule has 5 heterocycles. The molecular formula is C101H122BrN7O2S5. The van der Waals surface area contributed by atoms with Gasteiger partial charge in [0.05, 0.1) is 60.8 Å². The summed E-state index contributed by atoms with van der Waals surface area (Å²) in [6, 6.07) is 58.1. The molecule has 0 bridgehead atoms. The van der Waals surface area contributed by atoms with E-state index in [9.17, 15) is 4.21 Å². The number of H-pyrrole nitrogens is 4. The van der Waals surface area contributed by atoms with Crippen LogP contribution in [-0.2, 0) is 65.5 Å². The number of fused-ring (bicyclic) bond motifs is 5. The van der Waals surface area contributed by atoms with Crippen LogP contribution >= 0.6 is 63.4 Å². The first-order chi connectivity index (χ1) is 55.2. The van der Waals surface area contributed by atoms with E-state index < -0.39 is 10.8 Å². The number of benzene rings is 10. The van der Waals surface area contributed by atoms with E-state index in [1.54, 1.807) is 18.9 Å². The molecule has 14 aromatic rings. The number of thiocarbonyl (C=S) groups is 1. The maximum atomic E-state index is 12.8. The first-order valence-electron chi connectivity index (χ1n) is 40.5. The lowest BCUT2D eigenvalue weighted by Gasteiger charge is -2.14. The third-order valence-corrected chi connectivity index (χ3v) is 27.0. The largest absolute Gasteiger partial charge is 0.497 e. The number of hydrogen-bond donors (Lipinski definition) is 5. The maximum Gasteiger partial charge on any atom is 0.197 e. The molecule has 116 heavy (non-hydrogen) atoms. The van der Waals surface area contributed by atoms with Crippen LogP contribution in [0.3, 0.4) is 0 Å². The number of alkyl halides is 1. The summed E-state index contributed by atoms with van der Waals surface area (Å²) in [5.41, 5.74) is 41.9. The van der Waals surface area contributed by atoms with Gasteiger partial charge in [-0.2, -0.15) is 0 Å². The Morgan fingerprint density at radius 2 is 0.879 bits per heavy atom. The Hall–Kier alpha value is -8.41. The van der Waals surface area contributed by atoms with Crippen molar-refractivity contribution in [3.05, 3.63) is 303 Å². The molecule has 1 aliphatic heterocycles. The molecule has 0 spiro atoms. The van der Waals surface area contributed by atoms with Gasteiger partial charge in [0.2, 0.25) is 0 Å². The second-order valence-electron chi connectivity index (χ2n) is 31.7. The van der Waals surface area contributed by atoms with E-state index in [0.29, 0.717) is 10.9 Å². The number of rotatable bonds is 16. The maximum absolute atomic E-state index is 12.8. The number of nitrogens with zero attached hydrogens (tertiary/aromatic N) is 2. The van der Waals surface area contributed by atoms with Crippen molar-refractivity contribution in [2.45, 2.75) is 239 Å². The number of imidazole rings is 2. The Balaban J connectivity index is 0.000000158. The molecule has 0 amide bonds. The highest BCUT2D eigenvalue weighted by molar-refractivity contribution is 9.08. The third kappa shape index (κ3) is 24.6. The summed E-state index contributed by atoms with van der Waals surface area (Å²) in [5.74, 6) is 3.40. The lowest BCUT2D eigenvalue weighted by Crippen LogP contribution is -2.06. The second-order valence-corrected chi connectivity index (χ2v) is 38.0. The van der Waals surface area contributed by atoms with Gasteiger partial charge in [-0.1, -0.05) is 196 Å². The molecule has 610 valence electrons. The normalized spacial score (nSPS) is 11.8. The van der Waals surface area contributed by atoms with E-state index in [0.717, 1.165) is 86.9 Å². The summed E-state index contributed by atoms with van der Waals surface area (Å²) in [6.07, 6.45) is 5.25. The molecule has 15 rings (SSSR count). The molecule has 1 unspecified atom stereocenters. The molecule has 10 aromatic carbocycles. The number of ether oxygens (including phenoxy) is 1. The fourth-order valence-electron chi connectivity index (χ4n) is 14.4. The molecule has 4 aromatic heterocycles. The summed E-state index contributed by atoms with van der Waals surface area (Å²) in [6.45, 7) is 50.0. The van der Waals surface area contributed by atoms with Gasteiger partial charge in [-0.05, 0) is 326 Å². The number of hydrogen-bond acceptors (Lipinski definition) is 8. The van der Waals surface area contributed by atoms with Gasteiger partial charge < -0.3 is 30.0 Å². The van der Waals surface area contributed by atoms with Crippen molar-refractivity contribution in [3.8, 4) is 5.75 Å². The quantitative estimate of drug-likeness (QED) is 0.0365. The summed E-state index contributed by atoms with van der Waals surface area (Å²) >= 11 is 14.1. The minimum absolute atomic E-state index is 0.165. The zero-order valence-corrected chi connectivity index (χ0v) is 78.8. The second kappa shape index (κ2) is 42.3. The van der Waals surface area contributed by atoms with Gasteiger partial charge in [0, 0.05) is 61.6 Å². The van der Waals surface area contributed by atoms with E-state index >= 15 is 0 Å². The molecule has 0 fully saturated rings. The Labute approximate surface area is 721 Å². The van der Waals surface area contributed by atoms with Crippen LogP contribution in [0.5, 0.6) is 5.75 Å². The molecule has 1 atom stereocenters. The van der Waals surface area contributed by atoms with Gasteiger partial charge in [0.15, 0.2) is 10.3 Å². The highest BCUT2D eigenvalue weighted by Crippen LogP contribution is 2.36. The Morgan fingerprint density at radius 3 is 1.39 bits per heavy atom. The predicted octanol–water partition coefficient (Wildman–Crippen LogP) is 28.7. The monoisotopic (exact) mass is 1700 g/mol. The van der Waals surface area contributed by atoms with E-state index in [-0.39, 0.29) is 4.75 Å². The average Bonchev–Trinajstić information content (AvgIpc) is 1.57. The number of thioether (sulfide) groups is 3. The van der Waals surface area contributed by atoms with Gasteiger partial charge in [-0.25, -0.2) is 9.97 Å². The number of aryl methyl sites for hydroxylation is 13. The van der Waals surface area contributed by atoms with Crippen molar-refractivity contribution in [1.29, 1.82) is 0 Å². The Kier molecular flexibility index (Phi) is 33.4. The van der Waals surface area contributed by atoms with Gasteiger partial charge in [0.1, 0.15) is 5.75 Å². The SMILES string of the molecule is CCc1c(CBr)ccc(C)c1C.CCc1ccc(C)c(CS(=O)c2nc3ccc(C)cc3[nH]2)c1C.CCc1ccc(C)c(CSc2cc3cc(C)ccc3[nH]2)c1C.CCc1ccc(C)c(CSc2cc3cc(C)ccc3[nH]2)c1C.COc1ccc2nc(SC(C)(C)C)[nH]c2c1.Cc1ccc(C)c(C)c1C.Cc1ccc2c(c1)CC(=S)N2. The molecule has 9 nitrogen and oxygen atoms in total. The first-order valence-corrected chi connectivity index (χ1v) is 46.2. The van der Waals surface area contributed by atoms with Crippen LogP contribution in [0, 0.1) is 111 Å². The van der Waals surface area contributed by atoms with Gasteiger partial charge in [-0.3, -0.25) is 4.21 Å². The molecule has 0 radical (unpaired) electrons. The van der Waals surface area contributed by atoms with Crippen LogP contribution < -0.4 is 10.1 Å². The minimum atomic E-state index is -1.17. The van der Waals surface area contributed by atoms with Crippen LogP contribution in [0.1, 0.15) is 188 Å². The Bertz CT molecular complexity index is 5610. The van der Waals surface area contributed by atoms with Gasteiger partial charge in [0.25, 0.3) is 0 Å². The summed E-state index contributed by atoms with van der Waals surface area (Å²) in [7, 11) is 0.498. The highest BCUT2D eigenvalue weighted by atomic mass is 79.9. The fraction of sp³-hybridized carbons (Fsp3) is 0.337. The summed E-state index contributed by atoms with van der Waals surface area (Å²) < 4.78 is 18.1.